The van der Waals surface area contributed by atoms with Crippen molar-refractivity contribution in [3.63, 3.8) is 0 Å². The van der Waals surface area contributed by atoms with Gasteiger partial charge < -0.3 is 10.6 Å². The minimum atomic E-state index is -0.334. The first-order chi connectivity index (χ1) is 6.22. The van der Waals surface area contributed by atoms with Gasteiger partial charge in [-0.2, -0.15) is 0 Å². The number of hydrogen-bond donors (Lipinski definition) is 1. The van der Waals surface area contributed by atoms with E-state index in [1.807, 2.05) is 4.90 Å². The van der Waals surface area contributed by atoms with Crippen molar-refractivity contribution in [2.24, 2.45) is 5.73 Å². The Morgan fingerprint density at radius 2 is 1.62 bits per heavy atom. The minimum Gasteiger partial charge on any atom is -0.341 e. The van der Waals surface area contributed by atoms with Gasteiger partial charge in [0.2, 0.25) is 5.91 Å². The van der Waals surface area contributed by atoms with E-state index in [0.717, 1.165) is 25.9 Å². The van der Waals surface area contributed by atoms with Crippen molar-refractivity contribution in [3.8, 4) is 0 Å². The summed E-state index contributed by atoms with van der Waals surface area (Å²) >= 11 is 0. The molecule has 3 nitrogen and oxygen atoms in total. The van der Waals surface area contributed by atoms with Crippen LogP contribution in [-0.4, -0.2) is 29.9 Å². The van der Waals surface area contributed by atoms with Crippen molar-refractivity contribution in [3.05, 3.63) is 0 Å². The van der Waals surface area contributed by atoms with E-state index in [4.69, 9.17) is 5.73 Å². The molecule has 1 saturated heterocycles. The molecule has 1 unspecified atom stereocenters. The molecule has 13 heavy (non-hydrogen) atoms. The van der Waals surface area contributed by atoms with Gasteiger partial charge in [-0.15, -0.1) is 0 Å². The van der Waals surface area contributed by atoms with Crippen LogP contribution in [0.2, 0.25) is 0 Å². The van der Waals surface area contributed by atoms with Crippen LogP contribution in [0.1, 0.15) is 39.0 Å². The molecule has 0 spiro atoms. The smallest absolute Gasteiger partial charge is 0.239 e. The van der Waals surface area contributed by atoms with Crippen LogP contribution in [0.4, 0.5) is 0 Å². The highest BCUT2D eigenvalue weighted by Gasteiger charge is 2.17. The fraction of sp³-hybridized carbons (Fsp3) is 0.900. The Bertz CT molecular complexity index is 160. The Labute approximate surface area is 80.3 Å². The lowest BCUT2D eigenvalue weighted by Gasteiger charge is -2.26. The van der Waals surface area contributed by atoms with Gasteiger partial charge in [-0.05, 0) is 19.8 Å². The normalized spacial score (nSPS) is 21.8. The third-order valence-electron chi connectivity index (χ3n) is 2.56. The summed E-state index contributed by atoms with van der Waals surface area (Å²) in [5, 5.41) is 0. The SMILES string of the molecule is CC(N)C(=O)N1CCCCCCC1. The number of hydrogen-bond acceptors (Lipinski definition) is 2. The quantitative estimate of drug-likeness (QED) is 0.664. The molecule has 1 amide bonds. The first-order valence-electron chi connectivity index (χ1n) is 5.26. The average Bonchev–Trinajstić information content (AvgIpc) is 2.02. The molecule has 1 rings (SSSR count). The van der Waals surface area contributed by atoms with Crippen LogP contribution in [-0.2, 0) is 4.79 Å². The summed E-state index contributed by atoms with van der Waals surface area (Å²) < 4.78 is 0. The van der Waals surface area contributed by atoms with Crippen molar-refractivity contribution in [1.82, 2.24) is 4.90 Å². The van der Waals surface area contributed by atoms with Crippen LogP contribution in [0, 0.1) is 0 Å². The van der Waals surface area contributed by atoms with Gasteiger partial charge in [-0.3, -0.25) is 4.79 Å². The van der Waals surface area contributed by atoms with Crippen molar-refractivity contribution in [2.75, 3.05) is 13.1 Å². The van der Waals surface area contributed by atoms with Gasteiger partial charge in [0.05, 0.1) is 6.04 Å². The zero-order valence-electron chi connectivity index (χ0n) is 8.46. The molecule has 1 aliphatic rings. The molecular formula is C10H20N2O. The predicted molar refractivity (Wildman–Crippen MR) is 53.3 cm³/mol. The van der Waals surface area contributed by atoms with E-state index in [2.05, 4.69) is 0 Å². The van der Waals surface area contributed by atoms with Gasteiger partial charge >= 0.3 is 0 Å². The van der Waals surface area contributed by atoms with Gasteiger partial charge in [0.1, 0.15) is 0 Å². The van der Waals surface area contributed by atoms with E-state index in [9.17, 15) is 4.79 Å². The molecule has 0 aromatic rings. The molecule has 0 aromatic carbocycles. The number of carbonyl (C=O) groups excluding carboxylic acids is 1. The Hall–Kier alpha value is -0.570. The van der Waals surface area contributed by atoms with E-state index >= 15 is 0 Å². The maximum absolute atomic E-state index is 11.6. The highest BCUT2D eigenvalue weighted by Crippen LogP contribution is 2.10. The lowest BCUT2D eigenvalue weighted by Crippen LogP contribution is -2.43. The lowest BCUT2D eigenvalue weighted by atomic mass is 10.1. The summed E-state index contributed by atoms with van der Waals surface area (Å²) in [5.41, 5.74) is 5.57. The standard InChI is InChI=1S/C10H20N2O/c1-9(11)10(13)12-7-5-3-2-4-6-8-12/h9H,2-8,11H2,1H3. The van der Waals surface area contributed by atoms with E-state index in [1.54, 1.807) is 6.92 Å². The molecule has 1 aliphatic heterocycles. The fourth-order valence-corrected chi connectivity index (χ4v) is 1.76. The van der Waals surface area contributed by atoms with Gasteiger partial charge in [-0.25, -0.2) is 0 Å². The second-order valence-corrected chi connectivity index (χ2v) is 3.88. The first-order valence-corrected chi connectivity index (χ1v) is 5.26. The molecule has 2 N–H and O–H groups in total. The predicted octanol–water partition coefficient (Wildman–Crippen LogP) is 1.13. The molecule has 0 radical (unpaired) electrons. The molecule has 3 heteroatoms. The molecule has 0 aromatic heterocycles. The van der Waals surface area contributed by atoms with Gasteiger partial charge in [0.15, 0.2) is 0 Å². The molecule has 1 fully saturated rings. The topological polar surface area (TPSA) is 46.3 Å². The Morgan fingerprint density at radius 1 is 1.15 bits per heavy atom. The van der Waals surface area contributed by atoms with Crippen LogP contribution < -0.4 is 5.73 Å². The van der Waals surface area contributed by atoms with E-state index in [1.165, 1.54) is 19.3 Å². The Kier molecular flexibility index (Phi) is 4.22. The monoisotopic (exact) mass is 184 g/mol. The van der Waals surface area contributed by atoms with E-state index in [0.29, 0.717) is 0 Å². The van der Waals surface area contributed by atoms with Gasteiger partial charge in [-0.1, -0.05) is 19.3 Å². The molecule has 76 valence electrons. The molecule has 0 bridgehead atoms. The Balaban J connectivity index is 2.41. The second-order valence-electron chi connectivity index (χ2n) is 3.88. The second kappa shape index (κ2) is 5.22. The number of likely N-dealkylation sites (tertiary alicyclic amines) is 1. The number of carbonyl (C=O) groups is 1. The third kappa shape index (κ3) is 3.35. The van der Waals surface area contributed by atoms with Crippen molar-refractivity contribution < 1.29 is 4.79 Å². The summed E-state index contributed by atoms with van der Waals surface area (Å²) in [6, 6.07) is -0.334. The lowest BCUT2D eigenvalue weighted by molar-refractivity contribution is -0.132. The van der Waals surface area contributed by atoms with Gasteiger partial charge in [0.25, 0.3) is 0 Å². The molecule has 1 heterocycles. The van der Waals surface area contributed by atoms with Crippen LogP contribution in [0.5, 0.6) is 0 Å². The fourth-order valence-electron chi connectivity index (χ4n) is 1.76. The first kappa shape index (κ1) is 10.5. The largest absolute Gasteiger partial charge is 0.341 e. The van der Waals surface area contributed by atoms with Crippen molar-refractivity contribution in [2.45, 2.75) is 45.1 Å². The summed E-state index contributed by atoms with van der Waals surface area (Å²) in [6.45, 7) is 3.57. The molecule has 0 aliphatic carbocycles. The maximum Gasteiger partial charge on any atom is 0.239 e. The highest BCUT2D eigenvalue weighted by molar-refractivity contribution is 5.81. The summed E-state index contributed by atoms with van der Waals surface area (Å²) in [5.74, 6) is 0.113. The summed E-state index contributed by atoms with van der Waals surface area (Å²) in [7, 11) is 0. The van der Waals surface area contributed by atoms with Crippen molar-refractivity contribution >= 4 is 5.91 Å². The summed E-state index contributed by atoms with van der Waals surface area (Å²) in [6.07, 6.45) is 6.10. The molecular weight excluding hydrogens is 164 g/mol. The Morgan fingerprint density at radius 3 is 2.08 bits per heavy atom. The highest BCUT2D eigenvalue weighted by atomic mass is 16.2. The zero-order valence-corrected chi connectivity index (χ0v) is 8.46. The average molecular weight is 184 g/mol. The van der Waals surface area contributed by atoms with Crippen LogP contribution in [0.25, 0.3) is 0 Å². The third-order valence-corrected chi connectivity index (χ3v) is 2.56. The van der Waals surface area contributed by atoms with Crippen LogP contribution in [0.15, 0.2) is 0 Å². The van der Waals surface area contributed by atoms with E-state index in [-0.39, 0.29) is 11.9 Å². The van der Waals surface area contributed by atoms with Gasteiger partial charge in [0, 0.05) is 13.1 Å². The van der Waals surface area contributed by atoms with Crippen molar-refractivity contribution in [1.29, 1.82) is 0 Å². The van der Waals surface area contributed by atoms with E-state index < -0.39 is 0 Å². The minimum absolute atomic E-state index is 0.113. The number of rotatable bonds is 1. The van der Waals surface area contributed by atoms with Crippen LogP contribution >= 0.6 is 0 Å². The van der Waals surface area contributed by atoms with Crippen LogP contribution in [0.3, 0.4) is 0 Å². The summed E-state index contributed by atoms with van der Waals surface area (Å²) in [4.78, 5) is 13.5. The maximum atomic E-state index is 11.6. The molecule has 0 saturated carbocycles. The zero-order chi connectivity index (χ0) is 9.68. The number of amides is 1. The number of nitrogens with two attached hydrogens (primary N) is 1. The number of nitrogens with zero attached hydrogens (tertiary/aromatic N) is 1. The molecule has 1 atom stereocenters.